The Morgan fingerprint density at radius 2 is 2.33 bits per heavy atom. The van der Waals surface area contributed by atoms with Crippen molar-refractivity contribution >= 4 is 5.95 Å². The average Bonchev–Trinajstić information content (AvgIpc) is 2.58. The van der Waals surface area contributed by atoms with Gasteiger partial charge in [-0.25, -0.2) is 0 Å². The van der Waals surface area contributed by atoms with E-state index < -0.39 is 0 Å². The molecular weight excluding hydrogens is 158 g/mol. The maximum atomic E-state index is 5.34. The molecule has 0 fully saturated rings. The number of H-pyrrole nitrogens is 1. The fraction of sp³-hybridized carbons (Fsp3) is 0.167. The number of nitrogens with zero attached hydrogens (tertiary/aromatic N) is 3. The Bertz CT molecular complexity index is 352. The Morgan fingerprint density at radius 3 is 2.83 bits per heavy atom. The largest absolute Gasteiger partial charge is 0.368 e. The van der Waals surface area contributed by atoms with Gasteiger partial charge in [0.2, 0.25) is 5.95 Å². The molecule has 0 unspecified atom stereocenters. The second kappa shape index (κ2) is 2.33. The van der Waals surface area contributed by atoms with E-state index in [2.05, 4.69) is 20.3 Å². The molecule has 0 aromatic carbocycles. The lowest BCUT2D eigenvalue weighted by Gasteiger charge is -1.81. The zero-order valence-corrected chi connectivity index (χ0v) is 6.40. The molecule has 0 bridgehead atoms. The van der Waals surface area contributed by atoms with E-state index in [0.717, 1.165) is 5.76 Å². The molecule has 6 nitrogen and oxygen atoms in total. The Kier molecular flexibility index (Phi) is 1.33. The van der Waals surface area contributed by atoms with Crippen LogP contribution in [0, 0.1) is 6.92 Å². The van der Waals surface area contributed by atoms with Crippen LogP contribution in [0.2, 0.25) is 0 Å². The van der Waals surface area contributed by atoms with Crippen LogP contribution in [0.15, 0.2) is 10.6 Å². The minimum absolute atomic E-state index is 0.269. The number of nitrogens with two attached hydrogens (primary N) is 1. The van der Waals surface area contributed by atoms with Gasteiger partial charge in [-0.15, -0.1) is 10.2 Å². The molecule has 2 aromatic heterocycles. The first-order valence-corrected chi connectivity index (χ1v) is 3.37. The third-order valence-electron chi connectivity index (χ3n) is 1.37. The van der Waals surface area contributed by atoms with Gasteiger partial charge in [0.05, 0.1) is 0 Å². The molecule has 62 valence electrons. The second-order valence-corrected chi connectivity index (χ2v) is 2.38. The van der Waals surface area contributed by atoms with Crippen LogP contribution >= 0.6 is 0 Å². The van der Waals surface area contributed by atoms with E-state index in [1.807, 2.05) is 0 Å². The zero-order chi connectivity index (χ0) is 8.55. The van der Waals surface area contributed by atoms with Gasteiger partial charge >= 0.3 is 0 Å². The number of nitrogens with one attached hydrogen (secondary N) is 1. The molecule has 0 aliphatic carbocycles. The number of aromatic amines is 1. The fourth-order valence-electron chi connectivity index (χ4n) is 0.868. The molecule has 3 N–H and O–H groups in total. The Morgan fingerprint density at radius 1 is 1.50 bits per heavy atom. The first kappa shape index (κ1) is 6.84. The lowest BCUT2D eigenvalue weighted by Crippen LogP contribution is -1.85. The third kappa shape index (κ3) is 1.03. The van der Waals surface area contributed by atoms with E-state index >= 15 is 0 Å². The minimum atomic E-state index is 0.269. The Hall–Kier alpha value is -1.85. The number of aryl methyl sites for hydroxylation is 1. The van der Waals surface area contributed by atoms with Gasteiger partial charge in [0.15, 0.2) is 11.5 Å². The number of hydrogen-bond donors (Lipinski definition) is 2. The zero-order valence-electron chi connectivity index (χ0n) is 6.40. The summed E-state index contributed by atoms with van der Waals surface area (Å²) < 4.78 is 4.85. The predicted octanol–water partition coefficient (Wildman–Crippen LogP) is 0.350. The average molecular weight is 165 g/mol. The van der Waals surface area contributed by atoms with Crippen molar-refractivity contribution in [1.82, 2.24) is 20.3 Å². The molecular formula is C6H7N5O. The van der Waals surface area contributed by atoms with Crippen LogP contribution in [-0.4, -0.2) is 20.3 Å². The maximum Gasteiger partial charge on any atom is 0.219 e. The van der Waals surface area contributed by atoms with Crippen LogP contribution in [0.4, 0.5) is 5.95 Å². The minimum Gasteiger partial charge on any atom is -0.368 e. The lowest BCUT2D eigenvalue weighted by atomic mass is 10.4. The quantitative estimate of drug-likeness (QED) is 0.635. The normalized spacial score (nSPS) is 10.4. The lowest BCUT2D eigenvalue weighted by molar-refractivity contribution is 0.399. The summed E-state index contributed by atoms with van der Waals surface area (Å²) in [5.41, 5.74) is 5.94. The van der Waals surface area contributed by atoms with Crippen molar-refractivity contribution in [2.24, 2.45) is 0 Å². The van der Waals surface area contributed by atoms with E-state index in [9.17, 15) is 0 Å². The number of aromatic nitrogens is 4. The first-order chi connectivity index (χ1) is 5.75. The van der Waals surface area contributed by atoms with Crippen LogP contribution in [0.5, 0.6) is 0 Å². The van der Waals surface area contributed by atoms with Crippen molar-refractivity contribution in [3.63, 3.8) is 0 Å². The number of rotatable bonds is 1. The third-order valence-corrected chi connectivity index (χ3v) is 1.37. The SMILES string of the molecule is Cc1cc(-c2nnc(N)[nH]2)no1. The molecule has 0 saturated heterocycles. The maximum absolute atomic E-state index is 5.34. The van der Waals surface area contributed by atoms with Gasteiger partial charge in [0, 0.05) is 6.07 Å². The number of nitrogen functional groups attached to an aromatic ring is 1. The number of hydrogen-bond acceptors (Lipinski definition) is 5. The van der Waals surface area contributed by atoms with Crippen LogP contribution < -0.4 is 5.73 Å². The molecule has 6 heteroatoms. The van der Waals surface area contributed by atoms with E-state index in [4.69, 9.17) is 10.3 Å². The molecule has 0 amide bonds. The van der Waals surface area contributed by atoms with Gasteiger partial charge in [-0.05, 0) is 6.92 Å². The van der Waals surface area contributed by atoms with Gasteiger partial charge in [0.1, 0.15) is 5.76 Å². The highest BCUT2D eigenvalue weighted by molar-refractivity contribution is 5.49. The molecule has 12 heavy (non-hydrogen) atoms. The van der Waals surface area contributed by atoms with E-state index in [1.54, 1.807) is 13.0 Å². The molecule has 2 rings (SSSR count). The highest BCUT2D eigenvalue weighted by Crippen LogP contribution is 2.13. The van der Waals surface area contributed by atoms with Gasteiger partial charge < -0.3 is 15.2 Å². The first-order valence-electron chi connectivity index (χ1n) is 3.37. The Labute approximate surface area is 67.8 Å². The summed E-state index contributed by atoms with van der Waals surface area (Å²) in [5, 5.41) is 11.1. The summed E-state index contributed by atoms with van der Waals surface area (Å²) in [6, 6.07) is 1.75. The van der Waals surface area contributed by atoms with Crippen molar-refractivity contribution < 1.29 is 4.52 Å². The van der Waals surface area contributed by atoms with Crippen molar-refractivity contribution in [3.8, 4) is 11.5 Å². The van der Waals surface area contributed by atoms with E-state index in [0.29, 0.717) is 11.5 Å². The summed E-state index contributed by atoms with van der Waals surface area (Å²) >= 11 is 0. The van der Waals surface area contributed by atoms with Crippen molar-refractivity contribution in [1.29, 1.82) is 0 Å². The molecule has 0 radical (unpaired) electrons. The van der Waals surface area contributed by atoms with Crippen molar-refractivity contribution in [3.05, 3.63) is 11.8 Å². The van der Waals surface area contributed by atoms with Gasteiger partial charge in [0.25, 0.3) is 0 Å². The van der Waals surface area contributed by atoms with Crippen molar-refractivity contribution in [2.75, 3.05) is 5.73 Å². The highest BCUT2D eigenvalue weighted by Gasteiger charge is 2.07. The summed E-state index contributed by atoms with van der Waals surface area (Å²) in [6.45, 7) is 1.80. The van der Waals surface area contributed by atoms with Crippen LogP contribution in [0.3, 0.4) is 0 Å². The predicted molar refractivity (Wildman–Crippen MR) is 41.0 cm³/mol. The molecule has 2 heterocycles. The highest BCUT2D eigenvalue weighted by atomic mass is 16.5. The monoisotopic (exact) mass is 165 g/mol. The summed E-state index contributed by atoms with van der Waals surface area (Å²) in [4.78, 5) is 2.74. The second-order valence-electron chi connectivity index (χ2n) is 2.38. The van der Waals surface area contributed by atoms with Crippen LogP contribution in [0.1, 0.15) is 5.76 Å². The fourth-order valence-corrected chi connectivity index (χ4v) is 0.868. The van der Waals surface area contributed by atoms with Gasteiger partial charge in [-0.2, -0.15) is 0 Å². The molecule has 2 aromatic rings. The smallest absolute Gasteiger partial charge is 0.219 e. The summed E-state index contributed by atoms with van der Waals surface area (Å²) in [5.74, 6) is 1.51. The van der Waals surface area contributed by atoms with Crippen molar-refractivity contribution in [2.45, 2.75) is 6.92 Å². The molecule has 0 aliphatic heterocycles. The van der Waals surface area contributed by atoms with E-state index in [-0.39, 0.29) is 5.95 Å². The molecule has 0 spiro atoms. The van der Waals surface area contributed by atoms with Crippen LogP contribution in [0.25, 0.3) is 11.5 Å². The standard InChI is InChI=1S/C6H7N5O/c1-3-2-4(11-12-3)5-8-6(7)10-9-5/h2H,1H3,(H3,7,8,9,10). The number of anilines is 1. The van der Waals surface area contributed by atoms with Gasteiger partial charge in [-0.3, -0.25) is 0 Å². The summed E-state index contributed by atoms with van der Waals surface area (Å²) in [7, 11) is 0. The summed E-state index contributed by atoms with van der Waals surface area (Å²) in [6.07, 6.45) is 0. The molecule has 0 atom stereocenters. The van der Waals surface area contributed by atoms with Crippen LogP contribution in [-0.2, 0) is 0 Å². The Balaban J connectivity index is 2.43. The van der Waals surface area contributed by atoms with Gasteiger partial charge in [-0.1, -0.05) is 5.16 Å². The topological polar surface area (TPSA) is 93.6 Å². The van der Waals surface area contributed by atoms with E-state index in [1.165, 1.54) is 0 Å². The molecule has 0 saturated carbocycles. The molecule has 0 aliphatic rings.